The number of hydrogen-bond donors (Lipinski definition) is 0. The summed E-state index contributed by atoms with van der Waals surface area (Å²) in [4.78, 5) is 0.312. The fourth-order valence-corrected chi connectivity index (χ4v) is 4.98. The van der Waals surface area contributed by atoms with Crippen molar-refractivity contribution < 1.29 is 13.2 Å². The van der Waals surface area contributed by atoms with Gasteiger partial charge in [0.15, 0.2) is 0 Å². The molecule has 0 saturated carbocycles. The second-order valence-corrected chi connectivity index (χ2v) is 8.43. The lowest BCUT2D eigenvalue weighted by Crippen LogP contribution is -2.36. The van der Waals surface area contributed by atoms with Crippen molar-refractivity contribution >= 4 is 33.4 Å². The lowest BCUT2D eigenvalue weighted by molar-refractivity contribution is 0.318. The predicted molar refractivity (Wildman–Crippen MR) is 88.0 cm³/mol. The highest BCUT2D eigenvalue weighted by molar-refractivity contribution is 7.99. The number of rotatable bonds is 7. The van der Waals surface area contributed by atoms with E-state index in [0.717, 1.165) is 24.3 Å². The summed E-state index contributed by atoms with van der Waals surface area (Å²) in [6.45, 7) is 0.537. The standard InChI is InChI=1S/C14H20ClNO3S2/c1-16(12-7-10-20-11-12)21(17,18)14-5-3-13(4-6-14)19-9-2-8-15/h3-6,12H,2,7-11H2,1H3. The van der Waals surface area contributed by atoms with Crippen molar-refractivity contribution in [2.75, 3.05) is 31.0 Å². The summed E-state index contributed by atoms with van der Waals surface area (Å²) in [5.41, 5.74) is 0. The van der Waals surface area contributed by atoms with E-state index >= 15 is 0 Å². The second-order valence-electron chi connectivity index (χ2n) is 4.90. The zero-order valence-electron chi connectivity index (χ0n) is 12.0. The molecule has 1 saturated heterocycles. The van der Waals surface area contributed by atoms with Gasteiger partial charge in [0.2, 0.25) is 10.0 Å². The minimum Gasteiger partial charge on any atom is -0.494 e. The Balaban J connectivity index is 2.05. The number of ether oxygens (including phenoxy) is 1. The molecule has 1 aromatic rings. The van der Waals surface area contributed by atoms with Crippen molar-refractivity contribution in [3.63, 3.8) is 0 Å². The summed E-state index contributed by atoms with van der Waals surface area (Å²) in [7, 11) is -1.76. The van der Waals surface area contributed by atoms with Crippen LogP contribution in [0.5, 0.6) is 5.75 Å². The number of thioether (sulfide) groups is 1. The van der Waals surface area contributed by atoms with E-state index in [9.17, 15) is 8.42 Å². The maximum Gasteiger partial charge on any atom is 0.243 e. The molecular weight excluding hydrogens is 330 g/mol. The van der Waals surface area contributed by atoms with Crippen LogP contribution in [0.1, 0.15) is 12.8 Å². The normalized spacial score (nSPS) is 19.1. The Labute approximate surface area is 135 Å². The molecule has 0 radical (unpaired) electrons. The van der Waals surface area contributed by atoms with E-state index in [1.54, 1.807) is 43.1 Å². The number of halogens is 1. The molecule has 0 aliphatic carbocycles. The van der Waals surface area contributed by atoms with Gasteiger partial charge in [-0.2, -0.15) is 16.1 Å². The van der Waals surface area contributed by atoms with Gasteiger partial charge in [0.1, 0.15) is 5.75 Å². The molecule has 0 bridgehead atoms. The van der Waals surface area contributed by atoms with Gasteiger partial charge in [0, 0.05) is 24.7 Å². The molecule has 1 aromatic carbocycles. The van der Waals surface area contributed by atoms with Crippen molar-refractivity contribution in [2.45, 2.75) is 23.8 Å². The van der Waals surface area contributed by atoms with Crippen LogP contribution in [-0.2, 0) is 10.0 Å². The highest BCUT2D eigenvalue weighted by Gasteiger charge is 2.30. The molecule has 4 nitrogen and oxygen atoms in total. The van der Waals surface area contributed by atoms with Crippen molar-refractivity contribution in [2.24, 2.45) is 0 Å². The Morgan fingerprint density at radius 1 is 1.38 bits per heavy atom. The Hall–Kier alpha value is -0.430. The summed E-state index contributed by atoms with van der Waals surface area (Å²) >= 11 is 7.38. The van der Waals surface area contributed by atoms with Crippen LogP contribution in [0.15, 0.2) is 29.2 Å². The van der Waals surface area contributed by atoms with Gasteiger partial charge in [0.25, 0.3) is 0 Å². The third-order valence-corrected chi connectivity index (χ3v) is 6.80. The number of hydrogen-bond acceptors (Lipinski definition) is 4. The Bertz CT molecular complexity index is 542. The number of alkyl halides is 1. The molecule has 7 heteroatoms. The molecule has 1 unspecified atom stereocenters. The van der Waals surface area contributed by atoms with Gasteiger partial charge in [-0.3, -0.25) is 0 Å². The minimum absolute atomic E-state index is 0.0969. The van der Waals surface area contributed by atoms with E-state index in [-0.39, 0.29) is 6.04 Å². The highest BCUT2D eigenvalue weighted by atomic mass is 35.5. The zero-order valence-corrected chi connectivity index (χ0v) is 14.4. The molecule has 0 N–H and O–H groups in total. The first kappa shape index (κ1) is 16.9. The van der Waals surface area contributed by atoms with E-state index in [1.807, 2.05) is 0 Å². The van der Waals surface area contributed by atoms with Crippen LogP contribution < -0.4 is 4.74 Å². The van der Waals surface area contributed by atoms with Crippen LogP contribution >= 0.6 is 23.4 Å². The third kappa shape index (κ3) is 4.28. The second kappa shape index (κ2) is 7.72. The summed E-state index contributed by atoms with van der Waals surface area (Å²) in [5, 5.41) is 0. The van der Waals surface area contributed by atoms with Crippen LogP contribution in [-0.4, -0.2) is 49.8 Å². The molecule has 118 valence electrons. The first-order valence-electron chi connectivity index (χ1n) is 6.90. The van der Waals surface area contributed by atoms with Crippen LogP contribution in [0.25, 0.3) is 0 Å². The van der Waals surface area contributed by atoms with E-state index < -0.39 is 10.0 Å². The van der Waals surface area contributed by atoms with Gasteiger partial charge in [-0.25, -0.2) is 8.42 Å². The lowest BCUT2D eigenvalue weighted by atomic mass is 10.3. The first-order valence-corrected chi connectivity index (χ1v) is 10.0. The molecule has 21 heavy (non-hydrogen) atoms. The number of sulfonamides is 1. The average Bonchev–Trinajstić information content (AvgIpc) is 3.01. The van der Waals surface area contributed by atoms with E-state index in [2.05, 4.69) is 0 Å². The largest absolute Gasteiger partial charge is 0.494 e. The summed E-state index contributed by atoms with van der Waals surface area (Å²) in [6.07, 6.45) is 1.68. The van der Waals surface area contributed by atoms with Crippen LogP contribution in [0.3, 0.4) is 0 Å². The van der Waals surface area contributed by atoms with E-state index in [4.69, 9.17) is 16.3 Å². The van der Waals surface area contributed by atoms with Gasteiger partial charge in [0.05, 0.1) is 11.5 Å². The number of benzene rings is 1. The topological polar surface area (TPSA) is 46.6 Å². The highest BCUT2D eigenvalue weighted by Crippen LogP contribution is 2.27. The summed E-state index contributed by atoms with van der Waals surface area (Å²) in [5.74, 6) is 3.11. The van der Waals surface area contributed by atoms with Crippen LogP contribution in [0.4, 0.5) is 0 Å². The van der Waals surface area contributed by atoms with Crippen molar-refractivity contribution in [3.05, 3.63) is 24.3 Å². The van der Waals surface area contributed by atoms with Gasteiger partial charge in [-0.15, -0.1) is 11.6 Å². The Morgan fingerprint density at radius 3 is 2.67 bits per heavy atom. The van der Waals surface area contributed by atoms with Crippen LogP contribution in [0, 0.1) is 0 Å². The smallest absolute Gasteiger partial charge is 0.243 e. The van der Waals surface area contributed by atoms with Gasteiger partial charge >= 0.3 is 0 Å². The Kier molecular flexibility index (Phi) is 6.22. The van der Waals surface area contributed by atoms with E-state index in [1.165, 1.54) is 4.31 Å². The number of nitrogens with zero attached hydrogens (tertiary/aromatic N) is 1. The molecule has 1 aliphatic heterocycles. The predicted octanol–water partition coefficient (Wildman–Crippen LogP) is 2.82. The molecule has 1 atom stereocenters. The Morgan fingerprint density at radius 2 is 2.10 bits per heavy atom. The van der Waals surface area contributed by atoms with Gasteiger partial charge in [-0.05, 0) is 42.9 Å². The molecule has 0 aromatic heterocycles. The maximum absolute atomic E-state index is 12.5. The first-order chi connectivity index (χ1) is 10.1. The molecule has 2 rings (SSSR count). The average molecular weight is 350 g/mol. The van der Waals surface area contributed by atoms with Gasteiger partial charge < -0.3 is 4.74 Å². The summed E-state index contributed by atoms with van der Waals surface area (Å²) < 4.78 is 32.1. The lowest BCUT2D eigenvalue weighted by Gasteiger charge is -2.23. The quantitative estimate of drug-likeness (QED) is 0.561. The van der Waals surface area contributed by atoms with Crippen molar-refractivity contribution in [1.82, 2.24) is 4.31 Å². The SMILES string of the molecule is CN(C1CCSC1)S(=O)(=O)c1ccc(OCCCCl)cc1. The molecule has 0 spiro atoms. The molecular formula is C14H20ClNO3S2. The molecule has 1 heterocycles. The zero-order chi connectivity index (χ0) is 15.3. The molecule has 0 amide bonds. The van der Waals surface area contributed by atoms with Crippen molar-refractivity contribution in [1.29, 1.82) is 0 Å². The molecule has 1 fully saturated rings. The third-order valence-electron chi connectivity index (χ3n) is 3.47. The monoisotopic (exact) mass is 349 g/mol. The van der Waals surface area contributed by atoms with E-state index in [0.29, 0.717) is 23.1 Å². The fourth-order valence-electron chi connectivity index (χ4n) is 2.12. The molecule has 1 aliphatic rings. The van der Waals surface area contributed by atoms with Gasteiger partial charge in [-0.1, -0.05) is 0 Å². The maximum atomic E-state index is 12.5. The fraction of sp³-hybridized carbons (Fsp3) is 0.571. The minimum atomic E-state index is -3.42. The van der Waals surface area contributed by atoms with Crippen LogP contribution in [0.2, 0.25) is 0 Å². The summed E-state index contributed by atoms with van der Waals surface area (Å²) in [6, 6.07) is 6.68. The van der Waals surface area contributed by atoms with Crippen molar-refractivity contribution in [3.8, 4) is 5.75 Å².